The highest BCUT2D eigenvalue weighted by Gasteiger charge is 2.36. The molecule has 0 radical (unpaired) electrons. The van der Waals surface area contributed by atoms with Gasteiger partial charge in [0.2, 0.25) is 11.8 Å². The van der Waals surface area contributed by atoms with Gasteiger partial charge in [0.1, 0.15) is 5.82 Å². The summed E-state index contributed by atoms with van der Waals surface area (Å²) in [6.45, 7) is 5.51. The van der Waals surface area contributed by atoms with Crippen LogP contribution in [-0.4, -0.2) is 36.3 Å². The molecule has 27 heavy (non-hydrogen) atoms. The number of anilines is 1. The fraction of sp³-hybridized carbons (Fsp3) is 0.364. The highest BCUT2D eigenvalue weighted by atomic mass is 19.1. The summed E-state index contributed by atoms with van der Waals surface area (Å²) in [6, 6.07) is 14.2. The van der Waals surface area contributed by atoms with Crippen LogP contribution < -0.4 is 4.90 Å². The van der Waals surface area contributed by atoms with Crippen LogP contribution in [0.25, 0.3) is 0 Å². The second-order valence-corrected chi connectivity index (χ2v) is 7.04. The van der Waals surface area contributed by atoms with Gasteiger partial charge in [0, 0.05) is 31.7 Å². The Hall–Kier alpha value is -2.69. The molecule has 2 aromatic carbocycles. The lowest BCUT2D eigenvalue weighted by molar-refractivity contribution is -0.128. The predicted molar refractivity (Wildman–Crippen MR) is 104 cm³/mol. The molecule has 2 amide bonds. The summed E-state index contributed by atoms with van der Waals surface area (Å²) in [5.41, 5.74) is 2.95. The quantitative estimate of drug-likeness (QED) is 0.782. The Bertz CT molecular complexity index is 819. The van der Waals surface area contributed by atoms with E-state index in [0.717, 1.165) is 16.8 Å². The third kappa shape index (κ3) is 4.54. The van der Waals surface area contributed by atoms with Crippen molar-refractivity contribution in [2.24, 2.45) is 5.92 Å². The van der Waals surface area contributed by atoms with Crippen molar-refractivity contribution in [3.8, 4) is 0 Å². The van der Waals surface area contributed by atoms with E-state index < -0.39 is 0 Å². The van der Waals surface area contributed by atoms with Crippen LogP contribution in [0.3, 0.4) is 0 Å². The van der Waals surface area contributed by atoms with Gasteiger partial charge < -0.3 is 9.80 Å². The van der Waals surface area contributed by atoms with Crippen LogP contribution in [0.1, 0.15) is 24.5 Å². The molecule has 0 aromatic heterocycles. The van der Waals surface area contributed by atoms with Crippen molar-refractivity contribution in [1.29, 1.82) is 0 Å². The summed E-state index contributed by atoms with van der Waals surface area (Å²) in [5, 5.41) is 0. The van der Waals surface area contributed by atoms with E-state index in [1.54, 1.807) is 21.9 Å². The minimum Gasteiger partial charge on any atom is -0.342 e. The number of carbonyl (C=O) groups excluding carboxylic acids is 2. The van der Waals surface area contributed by atoms with Crippen LogP contribution in [0.2, 0.25) is 0 Å². The Kier molecular flexibility index (Phi) is 5.89. The van der Waals surface area contributed by atoms with Crippen LogP contribution in [0, 0.1) is 18.7 Å². The molecule has 0 bridgehead atoms. The second-order valence-electron chi connectivity index (χ2n) is 7.04. The molecule has 1 fully saturated rings. The number of benzene rings is 2. The van der Waals surface area contributed by atoms with Crippen molar-refractivity contribution in [3.05, 3.63) is 65.5 Å². The second kappa shape index (κ2) is 8.33. The van der Waals surface area contributed by atoms with Gasteiger partial charge in [0.15, 0.2) is 0 Å². The van der Waals surface area contributed by atoms with Crippen molar-refractivity contribution in [2.45, 2.75) is 26.7 Å². The minimum absolute atomic E-state index is 0.000678. The van der Waals surface area contributed by atoms with Crippen LogP contribution >= 0.6 is 0 Å². The highest BCUT2D eigenvalue weighted by molar-refractivity contribution is 5.99. The SMILES string of the molecule is CCN(C(=O)[C@@H]1CC(=O)N(CCc2ccc(F)cc2)C1)c1cccc(C)c1. The molecule has 4 nitrogen and oxygen atoms in total. The van der Waals surface area contributed by atoms with Crippen LogP contribution in [0.15, 0.2) is 48.5 Å². The number of rotatable bonds is 6. The zero-order valence-electron chi connectivity index (χ0n) is 15.8. The Balaban J connectivity index is 1.63. The van der Waals surface area contributed by atoms with Gasteiger partial charge in [-0.3, -0.25) is 9.59 Å². The number of carbonyl (C=O) groups is 2. The van der Waals surface area contributed by atoms with Gasteiger partial charge in [-0.1, -0.05) is 24.3 Å². The number of likely N-dealkylation sites (tertiary alicyclic amines) is 1. The van der Waals surface area contributed by atoms with E-state index in [4.69, 9.17) is 0 Å². The fourth-order valence-electron chi connectivity index (χ4n) is 3.55. The Labute approximate surface area is 159 Å². The number of aryl methyl sites for hydroxylation is 1. The van der Waals surface area contributed by atoms with Gasteiger partial charge in [0.05, 0.1) is 5.92 Å². The third-order valence-electron chi connectivity index (χ3n) is 5.04. The lowest BCUT2D eigenvalue weighted by atomic mass is 10.1. The average molecular weight is 368 g/mol. The third-order valence-corrected chi connectivity index (χ3v) is 5.04. The maximum absolute atomic E-state index is 13.0. The monoisotopic (exact) mass is 368 g/mol. The maximum atomic E-state index is 13.0. The Morgan fingerprint density at radius 3 is 2.63 bits per heavy atom. The molecule has 1 saturated heterocycles. The lowest BCUT2D eigenvalue weighted by Crippen LogP contribution is -2.37. The number of hydrogen-bond donors (Lipinski definition) is 0. The predicted octanol–water partition coefficient (Wildman–Crippen LogP) is 3.58. The molecular weight excluding hydrogens is 343 g/mol. The summed E-state index contributed by atoms with van der Waals surface area (Å²) >= 11 is 0. The standard InChI is InChI=1S/C22H25FN2O2/c1-3-25(20-6-4-5-16(2)13-20)22(27)18-14-21(26)24(15-18)12-11-17-7-9-19(23)10-8-17/h4-10,13,18H,3,11-12,14-15H2,1-2H3/t18-/m1/s1. The molecular formula is C22H25FN2O2. The summed E-state index contributed by atoms with van der Waals surface area (Å²) < 4.78 is 13.0. The van der Waals surface area contributed by atoms with Crippen molar-refractivity contribution >= 4 is 17.5 Å². The highest BCUT2D eigenvalue weighted by Crippen LogP contribution is 2.24. The largest absolute Gasteiger partial charge is 0.342 e. The zero-order valence-corrected chi connectivity index (χ0v) is 15.8. The molecule has 1 aliphatic heterocycles. The molecule has 2 aromatic rings. The fourth-order valence-corrected chi connectivity index (χ4v) is 3.55. The molecule has 3 rings (SSSR count). The first-order valence-corrected chi connectivity index (χ1v) is 9.38. The lowest BCUT2D eigenvalue weighted by Gasteiger charge is -2.24. The molecule has 0 saturated carbocycles. The van der Waals surface area contributed by atoms with Crippen LogP contribution in [0.5, 0.6) is 0 Å². The first kappa shape index (κ1) is 19.1. The van der Waals surface area contributed by atoms with E-state index in [1.165, 1.54) is 12.1 Å². The van der Waals surface area contributed by atoms with Crippen molar-refractivity contribution in [1.82, 2.24) is 4.90 Å². The van der Waals surface area contributed by atoms with E-state index in [9.17, 15) is 14.0 Å². The van der Waals surface area contributed by atoms with Gasteiger partial charge in [-0.05, 0) is 55.7 Å². The van der Waals surface area contributed by atoms with Crippen LogP contribution in [-0.2, 0) is 16.0 Å². The zero-order chi connectivity index (χ0) is 19.4. The maximum Gasteiger partial charge on any atom is 0.232 e. The smallest absolute Gasteiger partial charge is 0.232 e. The van der Waals surface area contributed by atoms with Gasteiger partial charge in [-0.15, -0.1) is 0 Å². The Morgan fingerprint density at radius 2 is 1.96 bits per heavy atom. The van der Waals surface area contributed by atoms with Crippen molar-refractivity contribution < 1.29 is 14.0 Å². The molecule has 0 N–H and O–H groups in total. The van der Waals surface area contributed by atoms with E-state index in [1.807, 2.05) is 38.1 Å². The minimum atomic E-state index is -0.314. The topological polar surface area (TPSA) is 40.6 Å². The van der Waals surface area contributed by atoms with Gasteiger partial charge >= 0.3 is 0 Å². The van der Waals surface area contributed by atoms with E-state index in [2.05, 4.69) is 0 Å². The molecule has 1 aliphatic rings. The average Bonchev–Trinajstić information content (AvgIpc) is 3.03. The molecule has 1 heterocycles. The number of nitrogens with zero attached hydrogens (tertiary/aromatic N) is 2. The Morgan fingerprint density at radius 1 is 1.22 bits per heavy atom. The molecule has 142 valence electrons. The normalized spacial score (nSPS) is 16.6. The molecule has 0 unspecified atom stereocenters. The number of halogens is 1. The number of amides is 2. The van der Waals surface area contributed by atoms with E-state index >= 15 is 0 Å². The van der Waals surface area contributed by atoms with Gasteiger partial charge in [0.25, 0.3) is 0 Å². The summed E-state index contributed by atoms with van der Waals surface area (Å²) in [5.74, 6) is -0.569. The van der Waals surface area contributed by atoms with Gasteiger partial charge in [-0.2, -0.15) is 0 Å². The van der Waals surface area contributed by atoms with E-state index in [0.29, 0.717) is 26.1 Å². The van der Waals surface area contributed by atoms with Gasteiger partial charge in [-0.25, -0.2) is 4.39 Å². The first-order chi connectivity index (χ1) is 13.0. The molecule has 1 atom stereocenters. The van der Waals surface area contributed by atoms with Crippen molar-refractivity contribution in [3.63, 3.8) is 0 Å². The number of hydrogen-bond acceptors (Lipinski definition) is 2. The molecule has 0 spiro atoms. The summed E-state index contributed by atoms with van der Waals surface area (Å²) in [4.78, 5) is 28.9. The van der Waals surface area contributed by atoms with E-state index in [-0.39, 0.29) is 30.0 Å². The van der Waals surface area contributed by atoms with Crippen LogP contribution in [0.4, 0.5) is 10.1 Å². The summed E-state index contributed by atoms with van der Waals surface area (Å²) in [7, 11) is 0. The molecule has 0 aliphatic carbocycles. The molecule has 5 heteroatoms. The van der Waals surface area contributed by atoms with Crippen molar-refractivity contribution in [2.75, 3.05) is 24.5 Å². The first-order valence-electron chi connectivity index (χ1n) is 9.38. The summed E-state index contributed by atoms with van der Waals surface area (Å²) in [6.07, 6.45) is 0.910.